The molecule has 0 aromatic carbocycles. The minimum atomic E-state index is -0.164. The van der Waals surface area contributed by atoms with Crippen molar-refractivity contribution in [3.8, 4) is 0 Å². The SMILES string of the molecule is CSC1=NC(=O)/C(=C\c2c[nH]c3ncccc23)S1. The van der Waals surface area contributed by atoms with Crippen LogP contribution >= 0.6 is 23.5 Å². The molecule has 90 valence electrons. The standard InChI is InChI=1S/C12H9N3OS2/c1-17-12-15-11(16)9(18-12)5-7-6-14-10-8(7)3-2-4-13-10/h2-6H,1H3,(H,13,14)/b9-5+. The number of thioether (sulfide) groups is 2. The fourth-order valence-corrected chi connectivity index (χ4v) is 3.13. The van der Waals surface area contributed by atoms with Crippen LogP contribution in [0.25, 0.3) is 17.1 Å². The molecule has 0 aliphatic carbocycles. The van der Waals surface area contributed by atoms with Gasteiger partial charge in [-0.15, -0.1) is 11.8 Å². The minimum absolute atomic E-state index is 0.164. The maximum atomic E-state index is 11.7. The summed E-state index contributed by atoms with van der Waals surface area (Å²) in [5, 5.41) is 1.01. The molecule has 0 atom stereocenters. The number of nitrogens with zero attached hydrogens (tertiary/aromatic N) is 2. The van der Waals surface area contributed by atoms with E-state index in [0.717, 1.165) is 21.0 Å². The van der Waals surface area contributed by atoms with Gasteiger partial charge in [0.2, 0.25) is 0 Å². The maximum Gasteiger partial charge on any atom is 0.285 e. The van der Waals surface area contributed by atoms with Gasteiger partial charge in [0.05, 0.1) is 4.91 Å². The van der Waals surface area contributed by atoms with Crippen LogP contribution in [0.4, 0.5) is 0 Å². The largest absolute Gasteiger partial charge is 0.346 e. The van der Waals surface area contributed by atoms with E-state index >= 15 is 0 Å². The Bertz CT molecular complexity index is 687. The van der Waals surface area contributed by atoms with Gasteiger partial charge in [-0.1, -0.05) is 11.8 Å². The molecule has 1 N–H and O–H groups in total. The highest BCUT2D eigenvalue weighted by Crippen LogP contribution is 2.33. The third-order valence-electron chi connectivity index (χ3n) is 2.55. The van der Waals surface area contributed by atoms with Gasteiger partial charge in [-0.25, -0.2) is 4.98 Å². The Morgan fingerprint density at radius 2 is 2.39 bits per heavy atom. The maximum absolute atomic E-state index is 11.7. The van der Waals surface area contributed by atoms with Gasteiger partial charge < -0.3 is 4.98 Å². The average molecular weight is 275 g/mol. The van der Waals surface area contributed by atoms with Gasteiger partial charge in [0.1, 0.15) is 10.0 Å². The molecule has 1 aliphatic heterocycles. The van der Waals surface area contributed by atoms with Crippen LogP contribution in [0.5, 0.6) is 0 Å². The zero-order chi connectivity index (χ0) is 12.5. The summed E-state index contributed by atoms with van der Waals surface area (Å²) in [6.07, 6.45) is 7.37. The number of carbonyl (C=O) groups excluding carboxylic acids is 1. The topological polar surface area (TPSA) is 58.1 Å². The van der Waals surface area contributed by atoms with Crippen LogP contribution in [0, 0.1) is 0 Å². The van der Waals surface area contributed by atoms with Crippen molar-refractivity contribution in [3.05, 3.63) is 35.0 Å². The summed E-state index contributed by atoms with van der Waals surface area (Å²) in [5.74, 6) is -0.164. The highest BCUT2D eigenvalue weighted by Gasteiger charge is 2.21. The first-order chi connectivity index (χ1) is 8.78. The molecule has 2 aromatic rings. The Hall–Kier alpha value is -1.53. The number of H-pyrrole nitrogens is 1. The second-order valence-corrected chi connectivity index (χ2v) is 5.73. The first kappa shape index (κ1) is 11.6. The van der Waals surface area contributed by atoms with Crippen LogP contribution in [0.3, 0.4) is 0 Å². The number of hydrogen-bond acceptors (Lipinski definition) is 4. The molecule has 0 bridgehead atoms. The van der Waals surface area contributed by atoms with E-state index in [1.54, 1.807) is 6.20 Å². The minimum Gasteiger partial charge on any atom is -0.346 e. The normalized spacial score (nSPS) is 17.7. The van der Waals surface area contributed by atoms with E-state index in [2.05, 4.69) is 15.0 Å². The number of aromatic amines is 1. The molecule has 4 nitrogen and oxygen atoms in total. The fraction of sp³-hybridized carbons (Fsp3) is 0.0833. The van der Waals surface area contributed by atoms with Crippen molar-refractivity contribution in [2.75, 3.05) is 6.26 Å². The van der Waals surface area contributed by atoms with Crippen LogP contribution in [0.15, 0.2) is 34.4 Å². The molecule has 1 amide bonds. The summed E-state index contributed by atoms with van der Waals surface area (Å²) in [6.45, 7) is 0. The third kappa shape index (κ3) is 1.97. The van der Waals surface area contributed by atoms with E-state index in [9.17, 15) is 4.79 Å². The van der Waals surface area contributed by atoms with E-state index in [0.29, 0.717) is 4.91 Å². The Labute approximate surface area is 112 Å². The summed E-state index contributed by atoms with van der Waals surface area (Å²) in [7, 11) is 0. The molecule has 2 aromatic heterocycles. The summed E-state index contributed by atoms with van der Waals surface area (Å²) < 4.78 is 0.796. The second-order valence-electron chi connectivity index (χ2n) is 3.64. The number of nitrogens with one attached hydrogen (secondary N) is 1. The molecule has 0 spiro atoms. The number of amides is 1. The molecular formula is C12H9N3OS2. The molecule has 18 heavy (non-hydrogen) atoms. The zero-order valence-electron chi connectivity index (χ0n) is 9.51. The predicted molar refractivity (Wildman–Crippen MR) is 77.6 cm³/mol. The lowest BCUT2D eigenvalue weighted by Gasteiger charge is -1.94. The number of rotatable bonds is 1. The van der Waals surface area contributed by atoms with Crippen molar-refractivity contribution in [2.24, 2.45) is 4.99 Å². The Kier molecular flexibility index (Phi) is 2.97. The van der Waals surface area contributed by atoms with Crippen LogP contribution in [0.2, 0.25) is 0 Å². The summed E-state index contributed by atoms with van der Waals surface area (Å²) in [5.41, 5.74) is 1.79. The quantitative estimate of drug-likeness (QED) is 0.813. The van der Waals surface area contributed by atoms with Crippen LogP contribution in [0.1, 0.15) is 5.56 Å². The number of pyridine rings is 1. The van der Waals surface area contributed by atoms with Gasteiger partial charge in [-0.3, -0.25) is 4.79 Å². The van der Waals surface area contributed by atoms with Crippen molar-refractivity contribution in [1.29, 1.82) is 0 Å². The van der Waals surface area contributed by atoms with E-state index in [1.807, 2.05) is 30.7 Å². The Morgan fingerprint density at radius 3 is 3.17 bits per heavy atom. The number of hydrogen-bond donors (Lipinski definition) is 1. The molecular weight excluding hydrogens is 266 g/mol. The lowest BCUT2D eigenvalue weighted by Crippen LogP contribution is -1.87. The Balaban J connectivity index is 2.00. The average Bonchev–Trinajstić information content (AvgIpc) is 2.95. The third-order valence-corrected chi connectivity index (χ3v) is 4.51. The predicted octanol–water partition coefficient (Wildman–Crippen LogP) is 2.90. The van der Waals surface area contributed by atoms with Gasteiger partial charge in [-0.2, -0.15) is 4.99 Å². The molecule has 6 heteroatoms. The molecule has 0 radical (unpaired) electrons. The van der Waals surface area contributed by atoms with Gasteiger partial charge >= 0.3 is 0 Å². The van der Waals surface area contributed by atoms with Gasteiger partial charge in [-0.05, 0) is 24.5 Å². The number of aliphatic imine (C=N–C) groups is 1. The first-order valence-corrected chi connectivity index (χ1v) is 7.31. The van der Waals surface area contributed by atoms with Gasteiger partial charge in [0.25, 0.3) is 5.91 Å². The summed E-state index contributed by atoms with van der Waals surface area (Å²) in [4.78, 5) is 23.6. The molecule has 0 fully saturated rings. The van der Waals surface area contributed by atoms with E-state index in [4.69, 9.17) is 0 Å². The van der Waals surface area contributed by atoms with Crippen LogP contribution in [-0.4, -0.2) is 26.5 Å². The lowest BCUT2D eigenvalue weighted by atomic mass is 10.2. The van der Waals surface area contributed by atoms with Crippen LogP contribution in [-0.2, 0) is 4.79 Å². The zero-order valence-corrected chi connectivity index (χ0v) is 11.1. The first-order valence-electron chi connectivity index (χ1n) is 5.26. The van der Waals surface area contributed by atoms with Crippen molar-refractivity contribution >= 4 is 50.9 Å². The number of fused-ring (bicyclic) bond motifs is 1. The number of carbonyl (C=O) groups is 1. The fourth-order valence-electron chi connectivity index (χ4n) is 1.71. The molecule has 3 heterocycles. The van der Waals surface area contributed by atoms with Crippen molar-refractivity contribution in [1.82, 2.24) is 9.97 Å². The molecule has 0 saturated heterocycles. The Morgan fingerprint density at radius 1 is 1.50 bits per heavy atom. The lowest BCUT2D eigenvalue weighted by molar-refractivity contribution is -0.113. The highest BCUT2D eigenvalue weighted by molar-refractivity contribution is 8.40. The number of aromatic nitrogens is 2. The van der Waals surface area contributed by atoms with Gasteiger partial charge in [0, 0.05) is 23.3 Å². The molecule has 0 saturated carbocycles. The van der Waals surface area contributed by atoms with Crippen molar-refractivity contribution in [2.45, 2.75) is 0 Å². The van der Waals surface area contributed by atoms with Crippen molar-refractivity contribution in [3.63, 3.8) is 0 Å². The second kappa shape index (κ2) is 4.62. The summed E-state index contributed by atoms with van der Waals surface area (Å²) >= 11 is 2.90. The smallest absolute Gasteiger partial charge is 0.285 e. The molecule has 0 unspecified atom stereocenters. The molecule has 1 aliphatic rings. The van der Waals surface area contributed by atoms with E-state index < -0.39 is 0 Å². The van der Waals surface area contributed by atoms with E-state index in [-0.39, 0.29) is 5.91 Å². The monoisotopic (exact) mass is 275 g/mol. The molecule has 3 rings (SSSR count). The highest BCUT2D eigenvalue weighted by atomic mass is 32.2. The van der Waals surface area contributed by atoms with E-state index in [1.165, 1.54) is 23.5 Å². The van der Waals surface area contributed by atoms with Gasteiger partial charge in [0.15, 0.2) is 0 Å². The van der Waals surface area contributed by atoms with Crippen molar-refractivity contribution < 1.29 is 4.79 Å². The summed E-state index contributed by atoms with van der Waals surface area (Å²) in [6, 6.07) is 3.86. The van der Waals surface area contributed by atoms with Crippen LogP contribution < -0.4 is 0 Å².